The van der Waals surface area contributed by atoms with Crippen LogP contribution < -0.4 is 22.1 Å². The highest BCUT2D eigenvalue weighted by Crippen LogP contribution is 2.40. The molecule has 1 aliphatic rings. The highest BCUT2D eigenvalue weighted by Gasteiger charge is 2.30. The molecule has 0 aliphatic carbocycles. The lowest BCUT2D eigenvalue weighted by atomic mass is 9.80. The number of nitrogens with zero attached hydrogens (tertiary/aromatic N) is 4. The second-order valence-corrected chi connectivity index (χ2v) is 7.94. The van der Waals surface area contributed by atoms with E-state index in [0.29, 0.717) is 23.2 Å². The minimum atomic E-state index is 0.181. The Morgan fingerprint density at radius 2 is 2.00 bits per heavy atom. The summed E-state index contributed by atoms with van der Waals surface area (Å²) in [6, 6.07) is 1.81. The molecule has 3 rings (SSSR count). The van der Waals surface area contributed by atoms with Gasteiger partial charge >= 0.3 is 0 Å². The SMILES string of the molecule is CC1(CN)CCN(c2nc(N)cnc2Sc2ccnc(N)c2Cl)CC1. The number of aromatic nitrogens is 3. The Morgan fingerprint density at radius 3 is 2.68 bits per heavy atom. The molecular weight excluding hydrogens is 358 g/mol. The molecule has 0 radical (unpaired) electrons. The molecule has 6 N–H and O–H groups in total. The van der Waals surface area contributed by atoms with Crippen LogP contribution in [0.2, 0.25) is 5.02 Å². The fourth-order valence-electron chi connectivity index (χ4n) is 2.75. The third-order valence-corrected chi connectivity index (χ3v) is 6.14. The first kappa shape index (κ1) is 18.0. The Hall–Kier alpha value is -1.77. The van der Waals surface area contributed by atoms with E-state index in [0.717, 1.165) is 41.7 Å². The van der Waals surface area contributed by atoms with Crippen LogP contribution in [-0.4, -0.2) is 34.6 Å². The molecule has 3 heterocycles. The molecule has 0 atom stereocenters. The van der Waals surface area contributed by atoms with Crippen molar-refractivity contribution in [1.82, 2.24) is 15.0 Å². The fraction of sp³-hybridized carbons (Fsp3) is 0.438. The standard InChI is InChI=1S/C16H22ClN7S/c1-16(9-18)3-6-24(7-4-16)14-15(22-8-11(19)23-14)25-10-2-5-21-13(20)12(10)17/h2,5,8H,3-4,6-7,9,18H2,1H3,(H2,19,23)(H2,20,21). The zero-order valence-electron chi connectivity index (χ0n) is 14.1. The average Bonchev–Trinajstić information content (AvgIpc) is 2.61. The maximum absolute atomic E-state index is 6.26. The molecule has 1 aliphatic heterocycles. The lowest BCUT2D eigenvalue weighted by molar-refractivity contribution is 0.257. The maximum atomic E-state index is 6.26. The van der Waals surface area contributed by atoms with Crippen molar-refractivity contribution in [3.8, 4) is 0 Å². The van der Waals surface area contributed by atoms with E-state index in [9.17, 15) is 0 Å². The van der Waals surface area contributed by atoms with Crippen LogP contribution in [0, 0.1) is 5.41 Å². The van der Waals surface area contributed by atoms with Crippen LogP contribution in [-0.2, 0) is 0 Å². The minimum Gasteiger partial charge on any atom is -0.382 e. The number of rotatable bonds is 4. The zero-order chi connectivity index (χ0) is 18.0. The molecule has 0 aromatic carbocycles. The van der Waals surface area contributed by atoms with Gasteiger partial charge in [-0.3, -0.25) is 0 Å². The van der Waals surface area contributed by atoms with Crippen molar-refractivity contribution in [2.75, 3.05) is 36.0 Å². The Balaban J connectivity index is 1.88. The van der Waals surface area contributed by atoms with E-state index in [1.807, 2.05) is 6.07 Å². The molecule has 134 valence electrons. The molecule has 25 heavy (non-hydrogen) atoms. The second-order valence-electron chi connectivity index (χ2n) is 6.54. The van der Waals surface area contributed by atoms with Crippen molar-refractivity contribution >= 4 is 40.8 Å². The summed E-state index contributed by atoms with van der Waals surface area (Å²) in [5.74, 6) is 1.47. The molecule has 7 nitrogen and oxygen atoms in total. The van der Waals surface area contributed by atoms with Crippen LogP contribution in [0.15, 0.2) is 28.4 Å². The third kappa shape index (κ3) is 3.91. The quantitative estimate of drug-likeness (QED) is 0.740. The van der Waals surface area contributed by atoms with E-state index >= 15 is 0 Å². The van der Waals surface area contributed by atoms with Gasteiger partial charge in [-0.1, -0.05) is 30.3 Å². The van der Waals surface area contributed by atoms with Gasteiger partial charge in [-0.2, -0.15) is 0 Å². The summed E-state index contributed by atoms with van der Waals surface area (Å²) < 4.78 is 0. The number of halogens is 1. The Labute approximate surface area is 156 Å². The van der Waals surface area contributed by atoms with Crippen LogP contribution in [0.5, 0.6) is 0 Å². The maximum Gasteiger partial charge on any atom is 0.164 e. The molecule has 1 saturated heterocycles. The summed E-state index contributed by atoms with van der Waals surface area (Å²) in [6.07, 6.45) is 5.19. The van der Waals surface area contributed by atoms with Crippen LogP contribution >= 0.6 is 23.4 Å². The first-order valence-electron chi connectivity index (χ1n) is 8.07. The smallest absolute Gasteiger partial charge is 0.164 e. The molecule has 2 aromatic rings. The van der Waals surface area contributed by atoms with E-state index in [1.54, 1.807) is 12.4 Å². The molecule has 0 amide bonds. The first-order valence-corrected chi connectivity index (χ1v) is 9.27. The molecule has 9 heteroatoms. The number of nitrogens with two attached hydrogens (primary N) is 3. The average molecular weight is 380 g/mol. The van der Waals surface area contributed by atoms with Crippen LogP contribution in [0.3, 0.4) is 0 Å². The summed E-state index contributed by atoms with van der Waals surface area (Å²) in [6.45, 7) is 4.65. The molecule has 0 spiro atoms. The van der Waals surface area contributed by atoms with Crippen LogP contribution in [0.25, 0.3) is 0 Å². The lowest BCUT2D eigenvalue weighted by Gasteiger charge is -2.39. The van der Waals surface area contributed by atoms with Gasteiger partial charge in [0.05, 0.1) is 11.2 Å². The number of nitrogen functional groups attached to an aromatic ring is 2. The van der Waals surface area contributed by atoms with Crippen molar-refractivity contribution in [1.29, 1.82) is 0 Å². The Bertz CT molecular complexity index is 762. The number of piperidine rings is 1. The first-order chi connectivity index (χ1) is 11.9. The van der Waals surface area contributed by atoms with Crippen molar-refractivity contribution in [3.63, 3.8) is 0 Å². The van der Waals surface area contributed by atoms with Crippen LogP contribution in [0.4, 0.5) is 17.5 Å². The molecule has 1 fully saturated rings. The zero-order valence-corrected chi connectivity index (χ0v) is 15.6. The molecule has 0 saturated carbocycles. The van der Waals surface area contributed by atoms with Crippen molar-refractivity contribution < 1.29 is 0 Å². The predicted octanol–water partition coefficient (Wildman–Crippen LogP) is 2.41. The summed E-state index contributed by atoms with van der Waals surface area (Å²) in [5, 5.41) is 1.17. The Morgan fingerprint density at radius 1 is 1.28 bits per heavy atom. The molecule has 0 unspecified atom stereocenters. The van der Waals surface area contributed by atoms with E-state index in [2.05, 4.69) is 26.8 Å². The van der Waals surface area contributed by atoms with Gasteiger partial charge in [0, 0.05) is 24.2 Å². The highest BCUT2D eigenvalue weighted by molar-refractivity contribution is 7.99. The normalized spacial score (nSPS) is 16.8. The predicted molar refractivity (Wildman–Crippen MR) is 103 cm³/mol. The summed E-state index contributed by atoms with van der Waals surface area (Å²) in [4.78, 5) is 16.0. The number of pyridine rings is 1. The van der Waals surface area contributed by atoms with E-state index in [1.165, 1.54) is 11.8 Å². The van der Waals surface area contributed by atoms with E-state index in [-0.39, 0.29) is 5.41 Å². The van der Waals surface area contributed by atoms with Gasteiger partial charge in [-0.15, -0.1) is 0 Å². The van der Waals surface area contributed by atoms with Gasteiger partial charge < -0.3 is 22.1 Å². The number of hydrogen-bond acceptors (Lipinski definition) is 8. The summed E-state index contributed by atoms with van der Waals surface area (Å²) in [7, 11) is 0. The van der Waals surface area contributed by atoms with Gasteiger partial charge in [-0.25, -0.2) is 15.0 Å². The van der Waals surface area contributed by atoms with Gasteiger partial charge in [0.1, 0.15) is 16.7 Å². The highest BCUT2D eigenvalue weighted by atomic mass is 35.5. The van der Waals surface area contributed by atoms with Gasteiger partial charge in [-0.05, 0) is 30.9 Å². The van der Waals surface area contributed by atoms with Crippen LogP contribution in [0.1, 0.15) is 19.8 Å². The van der Waals surface area contributed by atoms with Crippen molar-refractivity contribution in [2.45, 2.75) is 29.7 Å². The van der Waals surface area contributed by atoms with E-state index < -0.39 is 0 Å². The van der Waals surface area contributed by atoms with Crippen molar-refractivity contribution in [3.05, 3.63) is 23.5 Å². The molecular formula is C16H22ClN7S. The monoisotopic (exact) mass is 379 g/mol. The third-order valence-electron chi connectivity index (χ3n) is 4.59. The fourth-order valence-corrected chi connectivity index (χ4v) is 3.88. The minimum absolute atomic E-state index is 0.181. The largest absolute Gasteiger partial charge is 0.382 e. The lowest BCUT2D eigenvalue weighted by Crippen LogP contribution is -2.42. The summed E-state index contributed by atoms with van der Waals surface area (Å²) in [5.41, 5.74) is 17.8. The Kier molecular flexibility index (Phi) is 5.21. The molecule has 0 bridgehead atoms. The van der Waals surface area contributed by atoms with Gasteiger partial charge in [0.15, 0.2) is 5.82 Å². The number of hydrogen-bond donors (Lipinski definition) is 3. The topological polar surface area (TPSA) is 120 Å². The molecule has 2 aromatic heterocycles. The van der Waals surface area contributed by atoms with E-state index in [4.69, 9.17) is 28.8 Å². The van der Waals surface area contributed by atoms with Gasteiger partial charge in [0.2, 0.25) is 0 Å². The van der Waals surface area contributed by atoms with Gasteiger partial charge in [0.25, 0.3) is 0 Å². The second kappa shape index (κ2) is 7.23. The number of anilines is 3. The van der Waals surface area contributed by atoms with Crippen molar-refractivity contribution in [2.24, 2.45) is 11.1 Å². The summed E-state index contributed by atoms with van der Waals surface area (Å²) >= 11 is 7.68.